The van der Waals surface area contributed by atoms with Crippen LogP contribution in [0.25, 0.3) is 0 Å². The van der Waals surface area contributed by atoms with E-state index in [1.165, 1.54) is 0 Å². The number of nitro groups is 1. The van der Waals surface area contributed by atoms with E-state index >= 15 is 0 Å². The molecule has 0 aliphatic carbocycles. The Balaban J connectivity index is 2.52. The summed E-state index contributed by atoms with van der Waals surface area (Å²) in [5, 5.41) is 10.9. The van der Waals surface area contributed by atoms with E-state index in [0.717, 1.165) is 4.47 Å². The fourth-order valence-corrected chi connectivity index (χ4v) is 2.55. The van der Waals surface area contributed by atoms with Gasteiger partial charge in [0.2, 0.25) is 12.4 Å². The van der Waals surface area contributed by atoms with Crippen LogP contribution in [0.2, 0.25) is 0 Å². The molecule has 21 heavy (non-hydrogen) atoms. The lowest BCUT2D eigenvalue weighted by molar-refractivity contribution is -0.482. The predicted molar refractivity (Wildman–Crippen MR) is 77.2 cm³/mol. The number of nitrogens with two attached hydrogens (primary N) is 1. The van der Waals surface area contributed by atoms with Crippen molar-refractivity contribution in [2.45, 2.75) is 12.8 Å². The van der Waals surface area contributed by atoms with Crippen molar-refractivity contribution >= 4 is 21.9 Å². The molecular formula is C13H13BrN2O5. The van der Waals surface area contributed by atoms with Gasteiger partial charge in [-0.1, -0.05) is 15.9 Å². The SMILES string of the molecule is CCOC(=O)C1=C(N)Oc2ccc(Br)cc2C1C[N+](=O)[O-]. The first-order valence-electron chi connectivity index (χ1n) is 6.19. The van der Waals surface area contributed by atoms with Gasteiger partial charge in [-0.3, -0.25) is 10.1 Å². The monoisotopic (exact) mass is 356 g/mol. The van der Waals surface area contributed by atoms with Crippen molar-refractivity contribution in [1.82, 2.24) is 0 Å². The molecule has 0 bridgehead atoms. The van der Waals surface area contributed by atoms with Crippen LogP contribution in [0.1, 0.15) is 18.4 Å². The highest BCUT2D eigenvalue weighted by Crippen LogP contribution is 2.40. The van der Waals surface area contributed by atoms with Gasteiger partial charge in [0, 0.05) is 15.0 Å². The largest absolute Gasteiger partial charge is 0.462 e. The van der Waals surface area contributed by atoms with Crippen LogP contribution in [0.3, 0.4) is 0 Å². The predicted octanol–water partition coefficient (Wildman–Crippen LogP) is 1.94. The van der Waals surface area contributed by atoms with Crippen LogP contribution in [-0.4, -0.2) is 24.0 Å². The highest BCUT2D eigenvalue weighted by molar-refractivity contribution is 9.10. The minimum absolute atomic E-state index is 0.0147. The third-order valence-corrected chi connectivity index (χ3v) is 3.50. The Morgan fingerprint density at radius 3 is 2.90 bits per heavy atom. The number of hydrogen-bond donors (Lipinski definition) is 1. The second kappa shape index (κ2) is 6.13. The van der Waals surface area contributed by atoms with E-state index in [2.05, 4.69) is 15.9 Å². The Hall–Kier alpha value is -2.09. The fourth-order valence-electron chi connectivity index (χ4n) is 2.18. The standard InChI is InChI=1S/C13H13BrN2O5/c1-2-20-13(17)11-9(6-16(18)19)8-5-7(14)3-4-10(8)21-12(11)15/h3-5,9H,2,6,15H2,1H3. The van der Waals surface area contributed by atoms with Crippen LogP contribution in [0.5, 0.6) is 5.75 Å². The number of rotatable bonds is 4. The van der Waals surface area contributed by atoms with Gasteiger partial charge in [0.05, 0.1) is 12.5 Å². The maximum Gasteiger partial charge on any atom is 0.340 e. The van der Waals surface area contributed by atoms with Crippen LogP contribution in [0, 0.1) is 10.1 Å². The molecule has 1 aliphatic rings. The maximum atomic E-state index is 12.0. The van der Waals surface area contributed by atoms with E-state index in [9.17, 15) is 14.9 Å². The molecule has 8 heteroatoms. The summed E-state index contributed by atoms with van der Waals surface area (Å²) in [5.41, 5.74) is 6.26. The topological polar surface area (TPSA) is 105 Å². The van der Waals surface area contributed by atoms with Crippen LogP contribution < -0.4 is 10.5 Å². The minimum atomic E-state index is -0.805. The Bertz CT molecular complexity index is 629. The van der Waals surface area contributed by atoms with Crippen molar-refractivity contribution in [1.29, 1.82) is 0 Å². The van der Waals surface area contributed by atoms with E-state index in [4.69, 9.17) is 15.2 Å². The summed E-state index contributed by atoms with van der Waals surface area (Å²) >= 11 is 3.30. The molecule has 0 saturated carbocycles. The first-order chi connectivity index (χ1) is 9.93. The molecule has 0 spiro atoms. The van der Waals surface area contributed by atoms with Crippen molar-refractivity contribution in [2.75, 3.05) is 13.2 Å². The molecule has 0 amide bonds. The van der Waals surface area contributed by atoms with E-state index in [0.29, 0.717) is 11.3 Å². The van der Waals surface area contributed by atoms with Crippen LogP contribution in [-0.2, 0) is 9.53 Å². The first kappa shape index (κ1) is 15.3. The molecule has 112 valence electrons. The summed E-state index contributed by atoms with van der Waals surface area (Å²) in [6, 6.07) is 5.04. The number of fused-ring (bicyclic) bond motifs is 1. The second-order valence-corrected chi connectivity index (χ2v) is 5.27. The van der Waals surface area contributed by atoms with Gasteiger partial charge in [-0.2, -0.15) is 0 Å². The van der Waals surface area contributed by atoms with Crippen LogP contribution in [0.15, 0.2) is 34.1 Å². The second-order valence-electron chi connectivity index (χ2n) is 4.35. The molecule has 0 saturated heterocycles. The molecule has 7 nitrogen and oxygen atoms in total. The number of nitrogens with zero attached hydrogens (tertiary/aromatic N) is 1. The number of benzene rings is 1. The maximum absolute atomic E-state index is 12.0. The molecule has 1 atom stereocenters. The van der Waals surface area contributed by atoms with Crippen molar-refractivity contribution < 1.29 is 19.2 Å². The van der Waals surface area contributed by atoms with Gasteiger partial charge in [0.1, 0.15) is 11.3 Å². The molecule has 0 fully saturated rings. The molecule has 2 rings (SSSR count). The van der Waals surface area contributed by atoms with E-state index in [1.807, 2.05) is 0 Å². The summed E-state index contributed by atoms with van der Waals surface area (Å²) in [6.45, 7) is 1.32. The van der Waals surface area contributed by atoms with Gasteiger partial charge >= 0.3 is 5.97 Å². The lowest BCUT2D eigenvalue weighted by Crippen LogP contribution is -2.30. The molecule has 1 aliphatic heterocycles. The fraction of sp³-hybridized carbons (Fsp3) is 0.308. The number of ether oxygens (including phenoxy) is 2. The van der Waals surface area contributed by atoms with Crippen molar-refractivity contribution in [3.05, 3.63) is 49.8 Å². The molecular weight excluding hydrogens is 344 g/mol. The minimum Gasteiger partial charge on any atom is -0.462 e. The van der Waals surface area contributed by atoms with Gasteiger partial charge in [-0.15, -0.1) is 0 Å². The number of esters is 1. The molecule has 1 aromatic rings. The summed E-state index contributed by atoms with van der Waals surface area (Å²) < 4.78 is 11.0. The summed E-state index contributed by atoms with van der Waals surface area (Å²) in [6.07, 6.45) is 0. The van der Waals surface area contributed by atoms with Crippen LogP contribution >= 0.6 is 15.9 Å². The summed E-state index contributed by atoms with van der Waals surface area (Å²) in [4.78, 5) is 22.5. The molecule has 2 N–H and O–H groups in total. The molecule has 0 radical (unpaired) electrons. The molecule has 1 unspecified atom stereocenters. The molecule has 1 heterocycles. The van der Waals surface area contributed by atoms with E-state index in [1.54, 1.807) is 25.1 Å². The van der Waals surface area contributed by atoms with Gasteiger partial charge in [0.25, 0.3) is 0 Å². The Morgan fingerprint density at radius 1 is 1.57 bits per heavy atom. The Morgan fingerprint density at radius 2 is 2.29 bits per heavy atom. The number of halogens is 1. The number of hydrogen-bond acceptors (Lipinski definition) is 6. The van der Waals surface area contributed by atoms with Gasteiger partial charge < -0.3 is 15.2 Å². The lowest BCUT2D eigenvalue weighted by Gasteiger charge is -2.25. The van der Waals surface area contributed by atoms with E-state index < -0.39 is 23.4 Å². The number of carbonyl (C=O) groups excluding carboxylic acids is 1. The third-order valence-electron chi connectivity index (χ3n) is 3.01. The lowest BCUT2D eigenvalue weighted by atomic mass is 9.89. The highest BCUT2D eigenvalue weighted by atomic mass is 79.9. The van der Waals surface area contributed by atoms with Crippen molar-refractivity contribution in [2.24, 2.45) is 5.73 Å². The van der Waals surface area contributed by atoms with Crippen LogP contribution in [0.4, 0.5) is 0 Å². The van der Waals surface area contributed by atoms with Gasteiger partial charge in [-0.25, -0.2) is 4.79 Å². The van der Waals surface area contributed by atoms with E-state index in [-0.39, 0.29) is 18.1 Å². The van der Waals surface area contributed by atoms with Gasteiger partial charge in [-0.05, 0) is 25.1 Å². The summed E-state index contributed by atoms with van der Waals surface area (Å²) in [7, 11) is 0. The smallest absolute Gasteiger partial charge is 0.340 e. The zero-order valence-corrected chi connectivity index (χ0v) is 12.8. The normalized spacial score (nSPS) is 17.0. The average molecular weight is 357 g/mol. The molecule has 1 aromatic carbocycles. The number of carbonyl (C=O) groups is 1. The van der Waals surface area contributed by atoms with Crippen molar-refractivity contribution in [3.63, 3.8) is 0 Å². The quantitative estimate of drug-likeness (QED) is 0.502. The van der Waals surface area contributed by atoms with Gasteiger partial charge in [0.15, 0.2) is 0 Å². The Kier molecular flexibility index (Phi) is 4.46. The highest BCUT2D eigenvalue weighted by Gasteiger charge is 2.37. The third kappa shape index (κ3) is 3.15. The van der Waals surface area contributed by atoms with Crippen molar-refractivity contribution in [3.8, 4) is 5.75 Å². The zero-order valence-electron chi connectivity index (χ0n) is 11.2. The zero-order chi connectivity index (χ0) is 15.6. The first-order valence-corrected chi connectivity index (χ1v) is 6.99. The average Bonchev–Trinajstić information content (AvgIpc) is 2.39. The molecule has 0 aromatic heterocycles. The Labute approximate surface area is 129 Å². The summed E-state index contributed by atoms with van der Waals surface area (Å²) in [5.74, 6) is -1.27.